The third kappa shape index (κ3) is 3.75. The second kappa shape index (κ2) is 8.34. The lowest BCUT2D eigenvalue weighted by Crippen LogP contribution is -2.28. The molecule has 0 nitrogen and oxygen atoms in total. The standard InChI is InChI=1S/C29H36/c1-5-7-11-21-15-17-25-23(19-21)20-27-26(25)18-16-22(12-8-6-2)28(27)29(3,4)24-13-9-10-14-24/h9-10,13-19,24H,5-8,11-12,20H2,1-4H3. The highest BCUT2D eigenvalue weighted by Gasteiger charge is 2.35. The Balaban J connectivity index is 1.79. The Morgan fingerprint density at radius 1 is 0.862 bits per heavy atom. The van der Waals surface area contributed by atoms with Gasteiger partial charge in [0, 0.05) is 5.92 Å². The predicted molar refractivity (Wildman–Crippen MR) is 127 cm³/mol. The number of rotatable bonds is 8. The van der Waals surface area contributed by atoms with E-state index in [4.69, 9.17) is 0 Å². The van der Waals surface area contributed by atoms with Crippen LogP contribution in [0, 0.1) is 5.92 Å². The maximum absolute atomic E-state index is 2.49. The predicted octanol–water partition coefficient (Wildman–Crippen LogP) is 7.96. The van der Waals surface area contributed by atoms with Crippen LogP contribution in [0.4, 0.5) is 0 Å². The lowest BCUT2D eigenvalue weighted by molar-refractivity contribution is 0.440. The second-order valence-corrected chi connectivity index (χ2v) is 9.52. The van der Waals surface area contributed by atoms with Crippen molar-refractivity contribution in [3.8, 4) is 11.1 Å². The summed E-state index contributed by atoms with van der Waals surface area (Å²) in [6.07, 6.45) is 17.8. The maximum Gasteiger partial charge on any atom is 0.00447 e. The summed E-state index contributed by atoms with van der Waals surface area (Å²) in [6, 6.07) is 12.1. The van der Waals surface area contributed by atoms with E-state index in [1.54, 1.807) is 16.7 Å². The van der Waals surface area contributed by atoms with Crippen molar-refractivity contribution in [1.82, 2.24) is 0 Å². The SMILES string of the molecule is CCCCc1ccc2c(c1)Cc1c-2ccc(CCCC)c1C(C)(C)C1C=CC=C1. The molecular weight excluding hydrogens is 348 g/mol. The van der Waals surface area contributed by atoms with Gasteiger partial charge in [0.15, 0.2) is 0 Å². The smallest absolute Gasteiger partial charge is 0.00447 e. The van der Waals surface area contributed by atoms with Crippen molar-refractivity contribution in [2.75, 3.05) is 0 Å². The van der Waals surface area contributed by atoms with Crippen LogP contribution < -0.4 is 0 Å². The van der Waals surface area contributed by atoms with E-state index in [1.807, 2.05) is 0 Å². The minimum absolute atomic E-state index is 0.116. The van der Waals surface area contributed by atoms with Crippen molar-refractivity contribution in [1.29, 1.82) is 0 Å². The number of hydrogen-bond donors (Lipinski definition) is 0. The molecular formula is C29H36. The van der Waals surface area contributed by atoms with Gasteiger partial charge in [-0.3, -0.25) is 0 Å². The molecule has 0 N–H and O–H groups in total. The summed E-state index contributed by atoms with van der Waals surface area (Å²) >= 11 is 0. The summed E-state index contributed by atoms with van der Waals surface area (Å²) in [5.74, 6) is 0.484. The summed E-state index contributed by atoms with van der Waals surface area (Å²) < 4.78 is 0. The quantitative estimate of drug-likeness (QED) is 0.369. The highest BCUT2D eigenvalue weighted by Crippen LogP contribution is 2.47. The molecule has 2 aliphatic rings. The molecule has 2 aliphatic carbocycles. The molecule has 0 bridgehead atoms. The van der Waals surface area contributed by atoms with E-state index in [0.29, 0.717) is 5.92 Å². The van der Waals surface area contributed by atoms with Crippen LogP contribution in [0.2, 0.25) is 0 Å². The molecule has 0 aliphatic heterocycles. The van der Waals surface area contributed by atoms with Gasteiger partial charge in [0.25, 0.3) is 0 Å². The van der Waals surface area contributed by atoms with Crippen molar-refractivity contribution in [2.24, 2.45) is 5.92 Å². The molecule has 4 rings (SSSR count). The molecule has 0 saturated carbocycles. The van der Waals surface area contributed by atoms with Crippen molar-refractivity contribution >= 4 is 0 Å². The summed E-state index contributed by atoms with van der Waals surface area (Å²) in [7, 11) is 0. The molecule has 0 unspecified atom stereocenters. The molecule has 0 spiro atoms. The van der Waals surface area contributed by atoms with Gasteiger partial charge in [-0.15, -0.1) is 0 Å². The van der Waals surface area contributed by atoms with Crippen molar-refractivity contribution in [3.05, 3.63) is 82.5 Å². The number of allylic oxidation sites excluding steroid dienone is 4. The molecule has 152 valence electrons. The molecule has 0 fully saturated rings. The third-order valence-electron chi connectivity index (χ3n) is 7.07. The van der Waals surface area contributed by atoms with E-state index < -0.39 is 0 Å². The largest absolute Gasteiger partial charge is 0.0768 e. The van der Waals surface area contributed by atoms with Gasteiger partial charge < -0.3 is 0 Å². The average Bonchev–Trinajstić information content (AvgIpc) is 3.38. The normalized spacial score (nSPS) is 15.2. The summed E-state index contributed by atoms with van der Waals surface area (Å²) in [5.41, 5.74) is 10.9. The Hall–Kier alpha value is -2.08. The fourth-order valence-corrected chi connectivity index (χ4v) is 5.37. The van der Waals surface area contributed by atoms with Gasteiger partial charge in [-0.1, -0.05) is 95.2 Å². The van der Waals surface area contributed by atoms with E-state index in [9.17, 15) is 0 Å². The van der Waals surface area contributed by atoms with Crippen LogP contribution >= 0.6 is 0 Å². The number of unbranched alkanes of at least 4 members (excludes halogenated alkanes) is 2. The molecule has 29 heavy (non-hydrogen) atoms. The minimum Gasteiger partial charge on any atom is -0.0768 e. The summed E-state index contributed by atoms with van der Waals surface area (Å²) in [6.45, 7) is 9.49. The Labute approximate surface area is 177 Å². The van der Waals surface area contributed by atoms with Gasteiger partial charge in [-0.25, -0.2) is 0 Å². The van der Waals surface area contributed by atoms with Gasteiger partial charge in [0.2, 0.25) is 0 Å². The second-order valence-electron chi connectivity index (χ2n) is 9.52. The fourth-order valence-electron chi connectivity index (χ4n) is 5.37. The van der Waals surface area contributed by atoms with Gasteiger partial charge >= 0.3 is 0 Å². The first-order valence-corrected chi connectivity index (χ1v) is 11.7. The van der Waals surface area contributed by atoms with Gasteiger partial charge in [-0.05, 0) is 76.5 Å². The Morgan fingerprint density at radius 3 is 2.28 bits per heavy atom. The molecule has 2 aromatic rings. The van der Waals surface area contributed by atoms with Gasteiger partial charge in [0.1, 0.15) is 0 Å². The number of benzene rings is 2. The molecule has 0 amide bonds. The highest BCUT2D eigenvalue weighted by atomic mass is 14.4. The first-order valence-electron chi connectivity index (χ1n) is 11.7. The maximum atomic E-state index is 2.49. The first kappa shape index (κ1) is 20.2. The minimum atomic E-state index is 0.116. The molecule has 2 aromatic carbocycles. The van der Waals surface area contributed by atoms with E-state index in [2.05, 4.69) is 82.3 Å². The van der Waals surface area contributed by atoms with Gasteiger partial charge in [-0.2, -0.15) is 0 Å². The molecule has 0 radical (unpaired) electrons. The van der Waals surface area contributed by atoms with Crippen LogP contribution in [0.15, 0.2) is 54.6 Å². The zero-order chi connectivity index (χ0) is 20.4. The number of hydrogen-bond acceptors (Lipinski definition) is 0. The lowest BCUT2D eigenvalue weighted by atomic mass is 9.69. The van der Waals surface area contributed by atoms with Crippen molar-refractivity contribution < 1.29 is 0 Å². The molecule has 0 heteroatoms. The Bertz CT molecular complexity index is 927. The fraction of sp³-hybridized carbons (Fsp3) is 0.448. The van der Waals surface area contributed by atoms with E-state index >= 15 is 0 Å². The van der Waals surface area contributed by atoms with E-state index in [1.165, 1.54) is 60.8 Å². The highest BCUT2D eigenvalue weighted by molar-refractivity contribution is 5.79. The van der Waals surface area contributed by atoms with E-state index in [-0.39, 0.29) is 5.41 Å². The monoisotopic (exact) mass is 384 g/mol. The van der Waals surface area contributed by atoms with Crippen LogP contribution in [0.1, 0.15) is 81.2 Å². The number of aryl methyl sites for hydroxylation is 2. The molecule has 0 heterocycles. The molecule has 0 aromatic heterocycles. The zero-order valence-corrected chi connectivity index (χ0v) is 18.7. The van der Waals surface area contributed by atoms with Crippen LogP contribution in [-0.4, -0.2) is 0 Å². The van der Waals surface area contributed by atoms with Crippen LogP contribution in [-0.2, 0) is 24.7 Å². The zero-order valence-electron chi connectivity index (χ0n) is 18.7. The lowest BCUT2D eigenvalue weighted by Gasteiger charge is -2.34. The van der Waals surface area contributed by atoms with Crippen molar-refractivity contribution in [3.63, 3.8) is 0 Å². The Morgan fingerprint density at radius 2 is 1.55 bits per heavy atom. The average molecular weight is 385 g/mol. The molecule has 0 saturated heterocycles. The third-order valence-corrected chi connectivity index (χ3v) is 7.07. The molecule has 0 atom stereocenters. The van der Waals surface area contributed by atoms with Gasteiger partial charge in [0.05, 0.1) is 0 Å². The number of fused-ring (bicyclic) bond motifs is 3. The topological polar surface area (TPSA) is 0 Å². The first-order chi connectivity index (χ1) is 14.1. The summed E-state index contributed by atoms with van der Waals surface area (Å²) in [5, 5.41) is 0. The van der Waals surface area contributed by atoms with Crippen LogP contribution in [0.25, 0.3) is 11.1 Å². The van der Waals surface area contributed by atoms with Crippen LogP contribution in [0.3, 0.4) is 0 Å². The van der Waals surface area contributed by atoms with Crippen molar-refractivity contribution in [2.45, 2.75) is 78.1 Å². The summed E-state index contributed by atoms with van der Waals surface area (Å²) in [4.78, 5) is 0. The van der Waals surface area contributed by atoms with Crippen LogP contribution in [0.5, 0.6) is 0 Å². The van der Waals surface area contributed by atoms with E-state index in [0.717, 1.165) is 6.42 Å². The Kier molecular flexibility index (Phi) is 5.81.